The minimum Gasteiger partial charge on any atom is -0.465 e. The van der Waals surface area contributed by atoms with Crippen molar-refractivity contribution < 1.29 is 9.53 Å². The van der Waals surface area contributed by atoms with Crippen molar-refractivity contribution in [2.75, 3.05) is 12.8 Å². The average molecular weight is 322 g/mol. The van der Waals surface area contributed by atoms with Crippen LogP contribution in [0.4, 0.5) is 5.82 Å². The summed E-state index contributed by atoms with van der Waals surface area (Å²) in [7, 11) is 1.28. The Kier molecular flexibility index (Phi) is 3.80. The number of ether oxygens (including phenoxy) is 1. The molecule has 0 fully saturated rings. The zero-order valence-electron chi connectivity index (χ0n) is 10.5. The first-order valence-corrected chi connectivity index (χ1v) is 6.29. The highest BCUT2D eigenvalue weighted by Crippen LogP contribution is 2.27. The zero-order chi connectivity index (χ0) is 14.0. The molecule has 6 heteroatoms. The summed E-state index contributed by atoms with van der Waals surface area (Å²) in [5.74, 6) is 0.00775. The number of aryl methyl sites for hydroxylation is 1. The Bertz CT molecular complexity index is 644. The number of carbonyl (C=O) groups is 1. The van der Waals surface area contributed by atoms with E-state index < -0.39 is 5.97 Å². The molecule has 2 rings (SSSR count). The van der Waals surface area contributed by atoms with Crippen LogP contribution in [0.1, 0.15) is 15.9 Å². The van der Waals surface area contributed by atoms with Crippen LogP contribution in [0.5, 0.6) is 0 Å². The highest BCUT2D eigenvalue weighted by Gasteiger charge is 2.14. The quantitative estimate of drug-likeness (QED) is 0.860. The number of anilines is 1. The summed E-state index contributed by atoms with van der Waals surface area (Å²) in [4.78, 5) is 19.7. The largest absolute Gasteiger partial charge is 0.465 e. The van der Waals surface area contributed by atoms with Gasteiger partial charge in [-0.05, 0) is 24.6 Å². The van der Waals surface area contributed by atoms with Crippen LogP contribution in [-0.2, 0) is 4.74 Å². The van der Waals surface area contributed by atoms with Crippen molar-refractivity contribution in [3.63, 3.8) is 0 Å². The number of rotatable bonds is 2. The van der Waals surface area contributed by atoms with Gasteiger partial charge < -0.3 is 10.5 Å². The first-order valence-electron chi connectivity index (χ1n) is 5.50. The van der Waals surface area contributed by atoms with Crippen LogP contribution in [0.15, 0.2) is 28.9 Å². The third kappa shape index (κ3) is 2.73. The van der Waals surface area contributed by atoms with Crippen molar-refractivity contribution >= 4 is 27.7 Å². The van der Waals surface area contributed by atoms with Gasteiger partial charge in [0.05, 0.1) is 7.11 Å². The van der Waals surface area contributed by atoms with E-state index >= 15 is 0 Å². The van der Waals surface area contributed by atoms with Crippen LogP contribution >= 0.6 is 15.9 Å². The SMILES string of the molecule is COC(=O)c1cnc(-c2ccc(C)cc2Br)nc1N. The van der Waals surface area contributed by atoms with Crippen LogP contribution in [0.3, 0.4) is 0 Å². The lowest BCUT2D eigenvalue weighted by Crippen LogP contribution is -2.09. The lowest BCUT2D eigenvalue weighted by molar-refractivity contribution is 0.0601. The van der Waals surface area contributed by atoms with Gasteiger partial charge in [0, 0.05) is 16.2 Å². The molecule has 5 nitrogen and oxygen atoms in total. The highest BCUT2D eigenvalue weighted by molar-refractivity contribution is 9.10. The number of nitrogens with zero attached hydrogens (tertiary/aromatic N) is 2. The van der Waals surface area contributed by atoms with E-state index in [2.05, 4.69) is 30.6 Å². The van der Waals surface area contributed by atoms with Crippen molar-refractivity contribution in [1.82, 2.24) is 9.97 Å². The predicted octanol–water partition coefficient (Wildman–Crippen LogP) is 2.58. The Hall–Kier alpha value is -1.95. The van der Waals surface area contributed by atoms with E-state index in [1.807, 2.05) is 25.1 Å². The van der Waals surface area contributed by atoms with Crippen LogP contribution in [-0.4, -0.2) is 23.0 Å². The molecule has 1 heterocycles. The number of nitrogens with two attached hydrogens (primary N) is 1. The lowest BCUT2D eigenvalue weighted by Gasteiger charge is -2.07. The maximum Gasteiger partial charge on any atom is 0.343 e. The van der Waals surface area contributed by atoms with Crippen LogP contribution in [0.25, 0.3) is 11.4 Å². The molecule has 0 atom stereocenters. The molecule has 19 heavy (non-hydrogen) atoms. The fourth-order valence-electron chi connectivity index (χ4n) is 1.59. The molecule has 0 amide bonds. The molecule has 98 valence electrons. The maximum atomic E-state index is 11.4. The van der Waals surface area contributed by atoms with Gasteiger partial charge in [0.25, 0.3) is 0 Å². The fraction of sp³-hybridized carbons (Fsp3) is 0.154. The molecule has 0 spiro atoms. The van der Waals surface area contributed by atoms with E-state index in [9.17, 15) is 4.79 Å². The molecule has 0 bridgehead atoms. The number of hydrogen-bond donors (Lipinski definition) is 1. The smallest absolute Gasteiger partial charge is 0.343 e. The Morgan fingerprint density at radius 1 is 1.42 bits per heavy atom. The summed E-state index contributed by atoms with van der Waals surface area (Å²) in [5, 5.41) is 0. The Balaban J connectivity index is 2.47. The van der Waals surface area contributed by atoms with Crippen LogP contribution in [0, 0.1) is 6.92 Å². The first kappa shape index (κ1) is 13.5. The minimum absolute atomic E-state index is 0.101. The molecule has 1 aromatic heterocycles. The summed E-state index contributed by atoms with van der Waals surface area (Å²) in [6.45, 7) is 1.99. The standard InChI is InChI=1S/C13H12BrN3O2/c1-7-3-4-8(10(14)5-7)12-16-6-9(11(15)17-12)13(18)19-2/h3-6H,1-2H3,(H2,15,16,17). The molecule has 1 aromatic carbocycles. The van der Waals surface area contributed by atoms with Gasteiger partial charge in [-0.1, -0.05) is 22.0 Å². The molecule has 0 aliphatic heterocycles. The second-order valence-corrected chi connectivity index (χ2v) is 4.82. The summed E-state index contributed by atoms with van der Waals surface area (Å²) >= 11 is 3.46. The van der Waals surface area contributed by atoms with E-state index in [1.165, 1.54) is 13.3 Å². The summed E-state index contributed by atoms with van der Waals surface area (Å²) in [6, 6.07) is 5.81. The minimum atomic E-state index is -0.549. The predicted molar refractivity (Wildman–Crippen MR) is 75.7 cm³/mol. The van der Waals surface area contributed by atoms with Gasteiger partial charge in [0.1, 0.15) is 11.4 Å². The fourth-order valence-corrected chi connectivity index (χ4v) is 2.26. The van der Waals surface area contributed by atoms with Gasteiger partial charge in [-0.3, -0.25) is 0 Å². The van der Waals surface area contributed by atoms with Gasteiger partial charge in [-0.15, -0.1) is 0 Å². The first-order chi connectivity index (χ1) is 9.02. The molecule has 0 aliphatic rings. The zero-order valence-corrected chi connectivity index (χ0v) is 12.1. The Morgan fingerprint density at radius 2 is 2.16 bits per heavy atom. The number of hydrogen-bond acceptors (Lipinski definition) is 5. The summed E-state index contributed by atoms with van der Waals surface area (Å²) in [6.07, 6.45) is 1.37. The third-order valence-corrected chi connectivity index (χ3v) is 3.25. The number of benzene rings is 1. The molecule has 0 unspecified atom stereocenters. The average Bonchev–Trinajstić information content (AvgIpc) is 2.37. The van der Waals surface area contributed by atoms with Crippen LogP contribution in [0.2, 0.25) is 0 Å². The van der Waals surface area contributed by atoms with E-state index in [-0.39, 0.29) is 11.4 Å². The molecular weight excluding hydrogens is 310 g/mol. The van der Waals surface area contributed by atoms with Crippen molar-refractivity contribution in [1.29, 1.82) is 0 Å². The van der Waals surface area contributed by atoms with Gasteiger partial charge in [0.2, 0.25) is 0 Å². The number of esters is 1. The lowest BCUT2D eigenvalue weighted by atomic mass is 10.1. The molecule has 2 aromatic rings. The maximum absolute atomic E-state index is 11.4. The Morgan fingerprint density at radius 3 is 2.74 bits per heavy atom. The molecule has 0 aliphatic carbocycles. The summed E-state index contributed by atoms with van der Waals surface area (Å²) in [5.41, 5.74) is 7.84. The topological polar surface area (TPSA) is 78.1 Å². The monoisotopic (exact) mass is 321 g/mol. The van der Waals surface area contributed by atoms with Crippen molar-refractivity contribution in [3.05, 3.63) is 40.0 Å². The van der Waals surface area contributed by atoms with Gasteiger partial charge in [-0.25, -0.2) is 14.8 Å². The van der Waals surface area contributed by atoms with E-state index in [1.54, 1.807) is 0 Å². The van der Waals surface area contributed by atoms with Crippen molar-refractivity contribution in [2.45, 2.75) is 6.92 Å². The Labute approximate surface area is 119 Å². The second kappa shape index (κ2) is 5.36. The van der Waals surface area contributed by atoms with Crippen molar-refractivity contribution in [3.8, 4) is 11.4 Å². The van der Waals surface area contributed by atoms with Gasteiger partial charge in [0.15, 0.2) is 5.82 Å². The van der Waals surface area contributed by atoms with Gasteiger partial charge in [-0.2, -0.15) is 0 Å². The molecule has 0 saturated carbocycles. The number of methoxy groups -OCH3 is 1. The number of carbonyl (C=O) groups excluding carboxylic acids is 1. The normalized spacial score (nSPS) is 10.3. The number of aromatic nitrogens is 2. The number of halogens is 1. The molecule has 2 N–H and O–H groups in total. The van der Waals surface area contributed by atoms with Crippen molar-refractivity contribution in [2.24, 2.45) is 0 Å². The number of nitrogen functional groups attached to an aromatic ring is 1. The van der Waals surface area contributed by atoms with Gasteiger partial charge >= 0.3 is 5.97 Å². The van der Waals surface area contributed by atoms with E-state index in [0.717, 1.165) is 15.6 Å². The molecule has 0 radical (unpaired) electrons. The summed E-state index contributed by atoms with van der Waals surface area (Å²) < 4.78 is 5.47. The van der Waals surface area contributed by atoms with E-state index in [4.69, 9.17) is 5.73 Å². The molecule has 0 saturated heterocycles. The van der Waals surface area contributed by atoms with Crippen LogP contribution < -0.4 is 5.73 Å². The van der Waals surface area contributed by atoms with E-state index in [0.29, 0.717) is 5.82 Å². The second-order valence-electron chi connectivity index (χ2n) is 3.97. The molecular formula is C13H12BrN3O2. The third-order valence-electron chi connectivity index (χ3n) is 2.59. The highest BCUT2D eigenvalue weighted by atomic mass is 79.9.